The average Bonchev–Trinajstić information content (AvgIpc) is 2.29. The molecule has 16 heavy (non-hydrogen) atoms. The van der Waals surface area contributed by atoms with E-state index in [1.54, 1.807) is 24.3 Å². The van der Waals surface area contributed by atoms with Crippen molar-refractivity contribution in [1.29, 1.82) is 0 Å². The largest absolute Gasteiger partial charge is 0.494 e. The summed E-state index contributed by atoms with van der Waals surface area (Å²) in [5.74, 6) is 0.286. The number of ketones is 2. The third kappa shape index (κ3) is 3.66. The van der Waals surface area contributed by atoms with Gasteiger partial charge in [-0.25, -0.2) is 0 Å². The van der Waals surface area contributed by atoms with E-state index in [9.17, 15) is 9.59 Å². The van der Waals surface area contributed by atoms with E-state index in [0.717, 1.165) is 6.42 Å². The van der Waals surface area contributed by atoms with E-state index in [1.807, 2.05) is 0 Å². The highest BCUT2D eigenvalue weighted by Gasteiger charge is 2.10. The standard InChI is InChI=1S/C12H13ClO3/c1-9(14)12(15)10-3-5-11(6-4-10)16-8-2-7-13/h3-6H,2,7-8H2,1H3. The molecule has 1 aromatic carbocycles. The first-order chi connectivity index (χ1) is 7.65. The van der Waals surface area contributed by atoms with Crippen LogP contribution in [-0.4, -0.2) is 24.1 Å². The molecule has 0 N–H and O–H groups in total. The summed E-state index contributed by atoms with van der Waals surface area (Å²) in [6.45, 7) is 1.80. The van der Waals surface area contributed by atoms with E-state index in [0.29, 0.717) is 23.8 Å². The second kappa shape index (κ2) is 6.28. The van der Waals surface area contributed by atoms with Crippen LogP contribution in [-0.2, 0) is 4.79 Å². The predicted octanol–water partition coefficient (Wildman–Crippen LogP) is 2.47. The number of rotatable bonds is 6. The molecule has 4 heteroatoms. The van der Waals surface area contributed by atoms with Crippen LogP contribution in [0.4, 0.5) is 0 Å². The lowest BCUT2D eigenvalue weighted by Crippen LogP contribution is -2.09. The molecule has 0 bridgehead atoms. The molecule has 0 aliphatic carbocycles. The number of carbonyl (C=O) groups excluding carboxylic acids is 2. The molecule has 0 saturated heterocycles. The zero-order chi connectivity index (χ0) is 12.0. The van der Waals surface area contributed by atoms with Gasteiger partial charge in [-0.3, -0.25) is 9.59 Å². The van der Waals surface area contributed by atoms with Crippen molar-refractivity contribution in [3.05, 3.63) is 29.8 Å². The van der Waals surface area contributed by atoms with Crippen molar-refractivity contribution in [2.75, 3.05) is 12.5 Å². The highest BCUT2D eigenvalue weighted by molar-refractivity contribution is 6.42. The van der Waals surface area contributed by atoms with Crippen molar-refractivity contribution in [1.82, 2.24) is 0 Å². The maximum atomic E-state index is 11.3. The van der Waals surface area contributed by atoms with Crippen LogP contribution in [0.3, 0.4) is 0 Å². The zero-order valence-electron chi connectivity index (χ0n) is 9.03. The van der Waals surface area contributed by atoms with E-state index in [4.69, 9.17) is 16.3 Å². The fourth-order valence-electron chi connectivity index (χ4n) is 1.15. The lowest BCUT2D eigenvalue weighted by molar-refractivity contribution is -0.113. The van der Waals surface area contributed by atoms with Gasteiger partial charge in [-0.2, -0.15) is 0 Å². The second-order valence-corrected chi connectivity index (χ2v) is 3.68. The normalized spacial score (nSPS) is 9.88. The number of alkyl halides is 1. The minimum absolute atomic E-state index is 0.386. The molecule has 0 fully saturated rings. The van der Waals surface area contributed by atoms with Crippen LogP contribution in [0.5, 0.6) is 5.75 Å². The Bertz CT molecular complexity index is 370. The van der Waals surface area contributed by atoms with Gasteiger partial charge in [0.25, 0.3) is 0 Å². The maximum absolute atomic E-state index is 11.3. The Labute approximate surface area is 99.4 Å². The first-order valence-corrected chi connectivity index (χ1v) is 5.52. The summed E-state index contributed by atoms with van der Waals surface area (Å²) < 4.78 is 5.36. The molecular formula is C12H13ClO3. The number of benzene rings is 1. The predicted molar refractivity (Wildman–Crippen MR) is 62.3 cm³/mol. The van der Waals surface area contributed by atoms with Gasteiger partial charge in [0.1, 0.15) is 5.75 Å². The van der Waals surface area contributed by atoms with E-state index in [1.165, 1.54) is 6.92 Å². The molecule has 0 amide bonds. The molecule has 0 aliphatic rings. The Morgan fingerprint density at radius 2 is 1.88 bits per heavy atom. The molecule has 3 nitrogen and oxygen atoms in total. The fourth-order valence-corrected chi connectivity index (χ4v) is 1.26. The van der Waals surface area contributed by atoms with Gasteiger partial charge in [0.05, 0.1) is 6.61 Å². The highest BCUT2D eigenvalue weighted by Crippen LogP contribution is 2.13. The summed E-state index contributed by atoms with van der Waals surface area (Å²) in [7, 11) is 0. The van der Waals surface area contributed by atoms with Crippen LogP contribution < -0.4 is 4.74 Å². The van der Waals surface area contributed by atoms with Crippen LogP contribution >= 0.6 is 11.6 Å². The molecule has 0 spiro atoms. The number of hydrogen-bond donors (Lipinski definition) is 0. The Morgan fingerprint density at radius 3 is 2.38 bits per heavy atom. The van der Waals surface area contributed by atoms with Crippen molar-refractivity contribution in [2.45, 2.75) is 13.3 Å². The summed E-state index contributed by atoms with van der Waals surface area (Å²) in [5, 5.41) is 0. The van der Waals surface area contributed by atoms with E-state index in [2.05, 4.69) is 0 Å². The van der Waals surface area contributed by atoms with Crippen LogP contribution in [0.15, 0.2) is 24.3 Å². The van der Waals surface area contributed by atoms with Crippen LogP contribution in [0.2, 0.25) is 0 Å². The van der Waals surface area contributed by atoms with Crippen LogP contribution in [0.1, 0.15) is 23.7 Å². The van der Waals surface area contributed by atoms with Gasteiger partial charge in [0.2, 0.25) is 5.78 Å². The highest BCUT2D eigenvalue weighted by atomic mass is 35.5. The lowest BCUT2D eigenvalue weighted by atomic mass is 10.1. The van der Waals surface area contributed by atoms with Gasteiger partial charge >= 0.3 is 0 Å². The molecule has 0 heterocycles. The monoisotopic (exact) mass is 240 g/mol. The summed E-state index contributed by atoms with van der Waals surface area (Å²) in [4.78, 5) is 22.2. The molecule has 0 radical (unpaired) electrons. The van der Waals surface area contributed by atoms with E-state index >= 15 is 0 Å². The molecule has 0 aromatic heterocycles. The van der Waals surface area contributed by atoms with Crippen LogP contribution in [0.25, 0.3) is 0 Å². The minimum atomic E-state index is -0.479. The van der Waals surface area contributed by atoms with E-state index < -0.39 is 11.6 Å². The molecule has 0 aliphatic heterocycles. The molecule has 0 atom stereocenters. The Hall–Kier alpha value is -1.35. The summed E-state index contributed by atoms with van der Waals surface area (Å²) >= 11 is 5.51. The number of hydrogen-bond acceptors (Lipinski definition) is 3. The lowest BCUT2D eigenvalue weighted by Gasteiger charge is -2.05. The molecular weight excluding hydrogens is 228 g/mol. The minimum Gasteiger partial charge on any atom is -0.494 e. The number of ether oxygens (including phenoxy) is 1. The molecule has 1 aromatic rings. The summed E-state index contributed by atoms with van der Waals surface area (Å²) in [6, 6.07) is 6.51. The van der Waals surface area contributed by atoms with Crippen molar-refractivity contribution < 1.29 is 14.3 Å². The third-order valence-corrected chi connectivity index (χ3v) is 2.25. The zero-order valence-corrected chi connectivity index (χ0v) is 9.79. The second-order valence-electron chi connectivity index (χ2n) is 3.30. The van der Waals surface area contributed by atoms with Gasteiger partial charge in [-0.05, 0) is 30.7 Å². The Morgan fingerprint density at radius 1 is 1.25 bits per heavy atom. The first kappa shape index (κ1) is 12.7. The maximum Gasteiger partial charge on any atom is 0.228 e. The van der Waals surface area contributed by atoms with Crippen molar-refractivity contribution >= 4 is 23.2 Å². The third-order valence-electron chi connectivity index (χ3n) is 1.98. The van der Waals surface area contributed by atoms with Crippen molar-refractivity contribution in [3.63, 3.8) is 0 Å². The molecule has 1 rings (SSSR count). The van der Waals surface area contributed by atoms with Gasteiger partial charge < -0.3 is 4.74 Å². The van der Waals surface area contributed by atoms with Crippen molar-refractivity contribution in [3.8, 4) is 5.75 Å². The van der Waals surface area contributed by atoms with Gasteiger partial charge in [-0.15, -0.1) is 11.6 Å². The molecule has 0 unspecified atom stereocenters. The number of carbonyl (C=O) groups is 2. The molecule has 0 saturated carbocycles. The van der Waals surface area contributed by atoms with Crippen LogP contribution in [0, 0.1) is 0 Å². The van der Waals surface area contributed by atoms with Gasteiger partial charge in [-0.1, -0.05) is 0 Å². The van der Waals surface area contributed by atoms with Gasteiger partial charge in [0, 0.05) is 18.4 Å². The van der Waals surface area contributed by atoms with Crippen molar-refractivity contribution in [2.24, 2.45) is 0 Å². The first-order valence-electron chi connectivity index (χ1n) is 4.99. The topological polar surface area (TPSA) is 43.4 Å². The summed E-state index contributed by atoms with van der Waals surface area (Å²) in [6.07, 6.45) is 0.773. The van der Waals surface area contributed by atoms with Gasteiger partial charge in [0.15, 0.2) is 5.78 Å². The quantitative estimate of drug-likeness (QED) is 0.332. The number of halogens is 1. The molecule has 86 valence electrons. The Balaban J connectivity index is 2.61. The SMILES string of the molecule is CC(=O)C(=O)c1ccc(OCCCCl)cc1. The summed E-state index contributed by atoms with van der Waals surface area (Å²) in [5.41, 5.74) is 0.386. The Kier molecular flexibility index (Phi) is 4.99. The fraction of sp³-hybridized carbons (Fsp3) is 0.333. The van der Waals surface area contributed by atoms with E-state index in [-0.39, 0.29) is 0 Å². The average molecular weight is 241 g/mol. The number of Topliss-reactive ketones (excluding diaryl/α,β-unsaturated/α-hetero) is 2. The smallest absolute Gasteiger partial charge is 0.228 e.